The lowest BCUT2D eigenvalue weighted by molar-refractivity contribution is -0.149. The fraction of sp³-hybridized carbons (Fsp3) is 0.231. The largest absolute Gasteiger partial charge is 0.481 e. The molecule has 0 spiro atoms. The van der Waals surface area contributed by atoms with Crippen LogP contribution in [0.1, 0.15) is 25.3 Å². The number of aliphatic hydroxyl groups is 1. The molecular weight excluding hydrogens is 406 g/mol. The molecule has 2 N–H and O–H groups in total. The Balaban J connectivity index is 1.73. The predicted molar refractivity (Wildman–Crippen MR) is 123 cm³/mol. The molecule has 1 aromatic heterocycles. The second-order valence-corrected chi connectivity index (χ2v) is 7.88. The summed E-state index contributed by atoms with van der Waals surface area (Å²) in [5.74, 6) is -1.67. The number of hydrogen-bond donors (Lipinski definition) is 2. The van der Waals surface area contributed by atoms with E-state index in [2.05, 4.69) is 0 Å². The van der Waals surface area contributed by atoms with Crippen molar-refractivity contribution in [3.63, 3.8) is 0 Å². The van der Waals surface area contributed by atoms with Crippen molar-refractivity contribution < 1.29 is 19.4 Å². The fourth-order valence-corrected chi connectivity index (χ4v) is 4.33. The van der Waals surface area contributed by atoms with Gasteiger partial charge in [-0.3, -0.25) is 9.36 Å². The quantitative estimate of drug-likeness (QED) is 0.430. The van der Waals surface area contributed by atoms with Gasteiger partial charge in [0.15, 0.2) is 5.58 Å². The lowest BCUT2D eigenvalue weighted by Crippen LogP contribution is -2.47. The summed E-state index contributed by atoms with van der Waals surface area (Å²) in [4.78, 5) is 25.0. The number of rotatable bonds is 8. The molecule has 6 heteroatoms. The van der Waals surface area contributed by atoms with Crippen molar-refractivity contribution in [1.29, 1.82) is 0 Å². The normalized spacial score (nSPS) is 14.2. The van der Waals surface area contributed by atoms with Crippen molar-refractivity contribution >= 4 is 17.1 Å². The number of carbonyl (C=O) groups is 1. The topological polar surface area (TPSA) is 92.7 Å². The van der Waals surface area contributed by atoms with Gasteiger partial charge in [-0.05, 0) is 41.7 Å². The van der Waals surface area contributed by atoms with E-state index in [9.17, 15) is 19.8 Å². The van der Waals surface area contributed by atoms with Crippen LogP contribution in [0, 0.1) is 0 Å². The van der Waals surface area contributed by atoms with Crippen molar-refractivity contribution in [2.75, 3.05) is 0 Å². The van der Waals surface area contributed by atoms with Crippen LogP contribution < -0.4 is 5.76 Å². The molecular formula is C26H25NO5. The summed E-state index contributed by atoms with van der Waals surface area (Å²) in [7, 11) is 0. The number of aliphatic carboxylic acids is 1. The Morgan fingerprint density at radius 1 is 0.969 bits per heavy atom. The SMILES string of the molecule is CC[C@H](O)C(CCn1c(=O)oc2ccccc21)(C(=O)O)c1ccc(-c2ccccc2)cc1. The van der Waals surface area contributed by atoms with E-state index in [1.165, 1.54) is 4.57 Å². The molecule has 0 radical (unpaired) electrons. The highest BCUT2D eigenvalue weighted by Gasteiger charge is 2.46. The third-order valence-electron chi connectivity index (χ3n) is 6.15. The third-order valence-corrected chi connectivity index (χ3v) is 6.15. The molecule has 0 amide bonds. The van der Waals surface area contributed by atoms with Crippen molar-refractivity contribution in [1.82, 2.24) is 4.57 Å². The Hall–Kier alpha value is -3.64. The monoisotopic (exact) mass is 431 g/mol. The first-order chi connectivity index (χ1) is 15.5. The van der Waals surface area contributed by atoms with Gasteiger partial charge in [0.1, 0.15) is 5.41 Å². The van der Waals surface area contributed by atoms with Crippen LogP contribution in [-0.4, -0.2) is 26.9 Å². The third kappa shape index (κ3) is 3.74. The number of hydrogen-bond acceptors (Lipinski definition) is 4. The van der Waals surface area contributed by atoms with Crippen molar-refractivity contribution in [2.24, 2.45) is 0 Å². The standard InChI is InChI=1S/C26H25NO5/c1-2-23(28)26(24(29)30,16-17-27-21-10-6-7-11-22(21)32-25(27)31)20-14-12-19(13-15-20)18-8-4-3-5-9-18/h3-15,23,28H,2,16-17H2,1H3,(H,29,30)/t23-,26?/m0/s1. The van der Waals surface area contributed by atoms with Gasteiger partial charge in [0.25, 0.3) is 0 Å². The minimum Gasteiger partial charge on any atom is -0.481 e. The summed E-state index contributed by atoms with van der Waals surface area (Å²) >= 11 is 0. The number of fused-ring (bicyclic) bond motifs is 1. The Bertz CT molecular complexity index is 1270. The maximum Gasteiger partial charge on any atom is 0.419 e. The average Bonchev–Trinajstić information content (AvgIpc) is 3.15. The van der Waals surface area contributed by atoms with Crippen LogP contribution in [0.15, 0.2) is 88.1 Å². The van der Waals surface area contributed by atoms with E-state index in [4.69, 9.17) is 4.42 Å². The van der Waals surface area contributed by atoms with Crippen molar-refractivity contribution in [3.05, 3.63) is 95.0 Å². The summed E-state index contributed by atoms with van der Waals surface area (Å²) in [5.41, 5.74) is 1.95. The van der Waals surface area contributed by atoms with Gasteiger partial charge in [0.05, 0.1) is 11.6 Å². The second-order valence-electron chi connectivity index (χ2n) is 7.88. The molecule has 32 heavy (non-hydrogen) atoms. The highest BCUT2D eigenvalue weighted by molar-refractivity contribution is 5.83. The average molecular weight is 431 g/mol. The molecule has 4 aromatic rings. The Labute approximate surface area is 185 Å². The lowest BCUT2D eigenvalue weighted by Gasteiger charge is -2.34. The van der Waals surface area contributed by atoms with E-state index in [0.717, 1.165) is 11.1 Å². The Morgan fingerprint density at radius 2 is 1.59 bits per heavy atom. The number of benzene rings is 3. The van der Waals surface area contributed by atoms with Crippen LogP contribution in [0.3, 0.4) is 0 Å². The summed E-state index contributed by atoms with van der Waals surface area (Å²) in [6.07, 6.45) is -0.837. The van der Waals surface area contributed by atoms with Gasteiger partial charge >= 0.3 is 11.7 Å². The Kier molecular flexibility index (Phi) is 5.97. The van der Waals surface area contributed by atoms with Gasteiger partial charge in [-0.15, -0.1) is 0 Å². The Morgan fingerprint density at radius 3 is 2.25 bits per heavy atom. The summed E-state index contributed by atoms with van der Waals surface area (Å²) in [6.45, 7) is 1.85. The van der Waals surface area contributed by atoms with E-state index in [1.54, 1.807) is 43.3 Å². The number of aliphatic hydroxyl groups excluding tert-OH is 1. The van der Waals surface area contributed by atoms with Gasteiger partial charge in [0, 0.05) is 6.54 Å². The van der Waals surface area contributed by atoms with Crippen LogP contribution in [0.5, 0.6) is 0 Å². The molecule has 6 nitrogen and oxygen atoms in total. The first-order valence-corrected chi connectivity index (χ1v) is 10.6. The van der Waals surface area contributed by atoms with Crippen LogP contribution in [0.25, 0.3) is 22.2 Å². The number of oxazole rings is 1. The van der Waals surface area contributed by atoms with E-state index in [1.807, 2.05) is 42.5 Å². The predicted octanol–water partition coefficient (Wildman–Crippen LogP) is 4.45. The first kappa shape index (κ1) is 21.6. The molecule has 0 fully saturated rings. The molecule has 1 unspecified atom stereocenters. The number of nitrogens with zero attached hydrogens (tertiary/aromatic N) is 1. The molecule has 0 aliphatic carbocycles. The van der Waals surface area contributed by atoms with E-state index in [0.29, 0.717) is 16.7 Å². The van der Waals surface area contributed by atoms with Crippen molar-refractivity contribution in [2.45, 2.75) is 37.8 Å². The van der Waals surface area contributed by atoms with Gasteiger partial charge in [0.2, 0.25) is 0 Å². The highest BCUT2D eigenvalue weighted by atomic mass is 16.4. The zero-order chi connectivity index (χ0) is 22.7. The van der Waals surface area contributed by atoms with Crippen LogP contribution in [-0.2, 0) is 16.8 Å². The molecule has 0 saturated heterocycles. The van der Waals surface area contributed by atoms with E-state index < -0.39 is 23.2 Å². The lowest BCUT2D eigenvalue weighted by atomic mass is 9.71. The number of carboxylic acids is 1. The minimum absolute atomic E-state index is 0.0332. The number of para-hydroxylation sites is 2. The zero-order valence-corrected chi connectivity index (χ0v) is 17.8. The maximum atomic E-state index is 12.6. The number of aromatic nitrogens is 1. The maximum absolute atomic E-state index is 12.6. The molecule has 0 saturated carbocycles. The summed E-state index contributed by atoms with van der Waals surface area (Å²) in [5, 5.41) is 21.2. The number of aryl methyl sites for hydroxylation is 1. The zero-order valence-electron chi connectivity index (χ0n) is 17.8. The molecule has 3 aromatic carbocycles. The van der Waals surface area contributed by atoms with Gasteiger partial charge < -0.3 is 14.6 Å². The molecule has 2 atom stereocenters. The highest BCUT2D eigenvalue weighted by Crippen LogP contribution is 2.36. The first-order valence-electron chi connectivity index (χ1n) is 10.6. The molecule has 0 aliphatic rings. The van der Waals surface area contributed by atoms with Crippen molar-refractivity contribution in [3.8, 4) is 11.1 Å². The molecule has 0 aliphatic heterocycles. The van der Waals surface area contributed by atoms with Gasteiger partial charge in [-0.2, -0.15) is 0 Å². The molecule has 1 heterocycles. The fourth-order valence-electron chi connectivity index (χ4n) is 4.33. The summed E-state index contributed by atoms with van der Waals surface area (Å²) < 4.78 is 6.70. The molecule has 0 bridgehead atoms. The van der Waals surface area contributed by atoms with E-state index in [-0.39, 0.29) is 19.4 Å². The van der Waals surface area contributed by atoms with Crippen LogP contribution in [0.4, 0.5) is 0 Å². The number of carboxylic acid groups (broad SMARTS) is 1. The van der Waals surface area contributed by atoms with Crippen LogP contribution in [0.2, 0.25) is 0 Å². The van der Waals surface area contributed by atoms with E-state index >= 15 is 0 Å². The smallest absolute Gasteiger partial charge is 0.419 e. The summed E-state index contributed by atoms with van der Waals surface area (Å²) in [6, 6.07) is 24.0. The minimum atomic E-state index is -1.57. The molecule has 4 rings (SSSR count). The second kappa shape index (κ2) is 8.85. The molecule has 164 valence electrons. The van der Waals surface area contributed by atoms with Crippen LogP contribution >= 0.6 is 0 Å². The van der Waals surface area contributed by atoms with Gasteiger partial charge in [-0.1, -0.05) is 73.7 Å². The van der Waals surface area contributed by atoms with Gasteiger partial charge in [-0.25, -0.2) is 4.79 Å².